The second-order valence-corrected chi connectivity index (χ2v) is 4.30. The van der Waals surface area contributed by atoms with Crippen LogP contribution >= 0.6 is 0 Å². The van der Waals surface area contributed by atoms with E-state index in [1.807, 2.05) is 12.1 Å². The fraction of sp³-hybridized carbons (Fsp3) is 0.214. The largest absolute Gasteiger partial charge is 0.489 e. The molecule has 0 atom stereocenters. The van der Waals surface area contributed by atoms with Gasteiger partial charge in [-0.1, -0.05) is 6.07 Å². The lowest BCUT2D eigenvalue weighted by Gasteiger charge is -2.07. The van der Waals surface area contributed by atoms with Gasteiger partial charge in [-0.2, -0.15) is 0 Å². The summed E-state index contributed by atoms with van der Waals surface area (Å²) in [5, 5.41) is 13.7. The van der Waals surface area contributed by atoms with Gasteiger partial charge in [-0.05, 0) is 25.1 Å². The highest BCUT2D eigenvalue weighted by Crippen LogP contribution is 2.23. The van der Waals surface area contributed by atoms with E-state index < -0.39 is 4.92 Å². The van der Waals surface area contributed by atoms with Gasteiger partial charge in [0.1, 0.15) is 18.2 Å². The zero-order valence-electron chi connectivity index (χ0n) is 11.3. The molecule has 1 N–H and O–H groups in total. The van der Waals surface area contributed by atoms with Crippen molar-refractivity contribution in [3.05, 3.63) is 57.8 Å². The minimum Gasteiger partial charge on any atom is -0.489 e. The third-order valence-corrected chi connectivity index (χ3v) is 2.85. The first-order valence-corrected chi connectivity index (χ1v) is 6.10. The minimum absolute atomic E-state index is 0.0948. The van der Waals surface area contributed by atoms with Crippen LogP contribution in [0.1, 0.15) is 11.1 Å². The van der Waals surface area contributed by atoms with Crippen molar-refractivity contribution in [3.8, 4) is 5.75 Å². The van der Waals surface area contributed by atoms with E-state index in [0.717, 1.165) is 11.4 Å². The number of hydrogen-bond donors (Lipinski definition) is 1. The Morgan fingerprint density at radius 3 is 2.70 bits per heavy atom. The number of hydrogen-bond acceptors (Lipinski definition) is 5. The van der Waals surface area contributed by atoms with E-state index in [-0.39, 0.29) is 5.69 Å². The number of aryl methyl sites for hydroxylation is 1. The number of aromatic nitrogens is 1. The van der Waals surface area contributed by atoms with Gasteiger partial charge in [0.2, 0.25) is 0 Å². The first-order valence-electron chi connectivity index (χ1n) is 6.10. The second kappa shape index (κ2) is 6.01. The normalized spacial score (nSPS) is 10.1. The van der Waals surface area contributed by atoms with Gasteiger partial charge >= 0.3 is 0 Å². The zero-order chi connectivity index (χ0) is 14.5. The predicted octanol–water partition coefficient (Wildman–Crippen LogP) is 2.92. The van der Waals surface area contributed by atoms with Crippen LogP contribution in [0.25, 0.3) is 0 Å². The van der Waals surface area contributed by atoms with Gasteiger partial charge in [-0.3, -0.25) is 10.1 Å². The predicted molar refractivity (Wildman–Crippen MR) is 75.9 cm³/mol. The summed E-state index contributed by atoms with van der Waals surface area (Å²) >= 11 is 0. The summed E-state index contributed by atoms with van der Waals surface area (Å²) < 4.78 is 5.60. The van der Waals surface area contributed by atoms with E-state index in [0.29, 0.717) is 17.9 Å². The summed E-state index contributed by atoms with van der Waals surface area (Å²) in [6.45, 7) is 2.06. The molecule has 6 nitrogen and oxygen atoms in total. The van der Waals surface area contributed by atoms with Gasteiger partial charge in [0.15, 0.2) is 0 Å². The number of ether oxygens (including phenoxy) is 1. The van der Waals surface area contributed by atoms with Crippen molar-refractivity contribution < 1.29 is 9.66 Å². The Labute approximate surface area is 116 Å². The molecular formula is C14H15N3O3. The molecule has 0 aliphatic heterocycles. The zero-order valence-corrected chi connectivity index (χ0v) is 11.3. The maximum atomic E-state index is 10.7. The third-order valence-electron chi connectivity index (χ3n) is 2.85. The molecule has 0 unspecified atom stereocenters. The average Bonchev–Trinajstić information content (AvgIpc) is 2.45. The van der Waals surface area contributed by atoms with Crippen LogP contribution in [-0.2, 0) is 6.61 Å². The quantitative estimate of drug-likeness (QED) is 0.669. The summed E-state index contributed by atoms with van der Waals surface area (Å²) in [5.74, 6) is 1.39. The van der Waals surface area contributed by atoms with Crippen molar-refractivity contribution in [3.63, 3.8) is 0 Å². The molecule has 104 valence electrons. The molecule has 1 heterocycles. The number of pyridine rings is 1. The molecule has 0 aliphatic rings. The Morgan fingerprint density at radius 1 is 1.35 bits per heavy atom. The molecule has 0 radical (unpaired) electrons. The highest BCUT2D eigenvalue weighted by Gasteiger charge is 2.10. The first kappa shape index (κ1) is 13.8. The van der Waals surface area contributed by atoms with Gasteiger partial charge in [0.25, 0.3) is 5.69 Å². The van der Waals surface area contributed by atoms with Crippen molar-refractivity contribution in [1.82, 2.24) is 4.98 Å². The van der Waals surface area contributed by atoms with Crippen LogP contribution in [0.5, 0.6) is 5.75 Å². The van der Waals surface area contributed by atoms with E-state index in [2.05, 4.69) is 10.3 Å². The SMILES string of the molecule is CNc1ccc(COc2ccc([N+](=O)[O-])c(C)c2)cn1. The fourth-order valence-electron chi connectivity index (χ4n) is 1.75. The fourth-order valence-corrected chi connectivity index (χ4v) is 1.75. The molecule has 1 aromatic carbocycles. The highest BCUT2D eigenvalue weighted by atomic mass is 16.6. The Hall–Kier alpha value is -2.63. The third kappa shape index (κ3) is 3.23. The molecule has 0 saturated heterocycles. The Bertz CT molecular complexity index is 612. The van der Waals surface area contributed by atoms with E-state index >= 15 is 0 Å². The minimum atomic E-state index is -0.403. The number of benzene rings is 1. The molecule has 0 fully saturated rings. The Balaban J connectivity index is 2.03. The average molecular weight is 273 g/mol. The maximum absolute atomic E-state index is 10.7. The molecular weight excluding hydrogens is 258 g/mol. The molecule has 0 amide bonds. The van der Waals surface area contributed by atoms with Crippen LogP contribution < -0.4 is 10.1 Å². The second-order valence-electron chi connectivity index (χ2n) is 4.30. The number of nitrogens with zero attached hydrogens (tertiary/aromatic N) is 2. The Kier molecular flexibility index (Phi) is 4.14. The molecule has 1 aromatic heterocycles. The number of anilines is 1. The van der Waals surface area contributed by atoms with Crippen LogP contribution in [0.15, 0.2) is 36.5 Å². The van der Waals surface area contributed by atoms with Crippen molar-refractivity contribution in [2.24, 2.45) is 0 Å². The van der Waals surface area contributed by atoms with Crippen molar-refractivity contribution in [2.45, 2.75) is 13.5 Å². The molecule has 20 heavy (non-hydrogen) atoms. The van der Waals surface area contributed by atoms with E-state index in [4.69, 9.17) is 4.74 Å². The summed E-state index contributed by atoms with van der Waals surface area (Å²) in [7, 11) is 1.80. The van der Waals surface area contributed by atoms with Gasteiger partial charge in [-0.15, -0.1) is 0 Å². The molecule has 0 bridgehead atoms. The summed E-state index contributed by atoms with van der Waals surface area (Å²) in [4.78, 5) is 14.5. The van der Waals surface area contributed by atoms with E-state index in [1.54, 1.807) is 32.3 Å². The molecule has 0 spiro atoms. The molecule has 2 rings (SSSR count). The maximum Gasteiger partial charge on any atom is 0.272 e. The van der Waals surface area contributed by atoms with Crippen LogP contribution in [0, 0.1) is 17.0 Å². The molecule has 2 aromatic rings. The number of nitro benzene ring substituents is 1. The van der Waals surface area contributed by atoms with Crippen molar-refractivity contribution >= 4 is 11.5 Å². The van der Waals surface area contributed by atoms with Crippen LogP contribution in [0.3, 0.4) is 0 Å². The number of nitrogens with one attached hydrogen (secondary N) is 1. The Morgan fingerprint density at radius 2 is 2.15 bits per heavy atom. The van der Waals surface area contributed by atoms with E-state index in [1.165, 1.54) is 6.07 Å². The van der Waals surface area contributed by atoms with Crippen molar-refractivity contribution in [2.75, 3.05) is 12.4 Å². The monoisotopic (exact) mass is 273 g/mol. The van der Waals surface area contributed by atoms with Gasteiger partial charge in [-0.25, -0.2) is 4.98 Å². The lowest BCUT2D eigenvalue weighted by molar-refractivity contribution is -0.385. The van der Waals surface area contributed by atoms with Gasteiger partial charge < -0.3 is 10.1 Å². The summed E-state index contributed by atoms with van der Waals surface area (Å²) in [6, 6.07) is 8.48. The molecule has 0 saturated carbocycles. The molecule has 6 heteroatoms. The van der Waals surface area contributed by atoms with Crippen LogP contribution in [-0.4, -0.2) is 17.0 Å². The lowest BCUT2D eigenvalue weighted by Crippen LogP contribution is -1.99. The summed E-state index contributed by atoms with van der Waals surface area (Å²) in [5.41, 5.74) is 1.61. The van der Waals surface area contributed by atoms with Crippen LogP contribution in [0.4, 0.5) is 11.5 Å². The summed E-state index contributed by atoms with van der Waals surface area (Å²) in [6.07, 6.45) is 1.73. The van der Waals surface area contributed by atoms with Gasteiger partial charge in [0.05, 0.1) is 4.92 Å². The lowest BCUT2D eigenvalue weighted by atomic mass is 10.2. The van der Waals surface area contributed by atoms with Gasteiger partial charge in [0, 0.05) is 30.4 Å². The first-order chi connectivity index (χ1) is 9.60. The smallest absolute Gasteiger partial charge is 0.272 e. The number of nitro groups is 1. The van der Waals surface area contributed by atoms with E-state index in [9.17, 15) is 10.1 Å². The topological polar surface area (TPSA) is 77.3 Å². The highest BCUT2D eigenvalue weighted by molar-refractivity contribution is 5.44. The van der Waals surface area contributed by atoms with Crippen molar-refractivity contribution in [1.29, 1.82) is 0 Å². The standard InChI is InChI=1S/C14H15N3O3/c1-10-7-12(4-5-13(10)17(18)19)20-9-11-3-6-14(15-2)16-8-11/h3-8H,9H2,1-2H3,(H,15,16). The van der Waals surface area contributed by atoms with Crippen LogP contribution in [0.2, 0.25) is 0 Å². The molecule has 0 aliphatic carbocycles. The number of rotatable bonds is 5.